The van der Waals surface area contributed by atoms with Crippen LogP contribution in [0.5, 0.6) is 0 Å². The molecule has 0 bridgehead atoms. The van der Waals surface area contributed by atoms with E-state index in [4.69, 9.17) is 0 Å². The van der Waals surface area contributed by atoms with Crippen LogP contribution in [0.15, 0.2) is 58.9 Å². The predicted octanol–water partition coefficient (Wildman–Crippen LogP) is 2.63. The highest BCUT2D eigenvalue weighted by Crippen LogP contribution is 2.34. The molecular weight excluding hydrogens is 311 g/mol. The lowest BCUT2D eigenvalue weighted by Crippen LogP contribution is -2.39. The lowest BCUT2D eigenvalue weighted by Gasteiger charge is -2.20. The summed E-state index contributed by atoms with van der Waals surface area (Å²) in [4.78, 5) is 26.5. The van der Waals surface area contributed by atoms with Crippen LogP contribution < -0.4 is 9.91 Å². The minimum atomic E-state index is -0.871. The van der Waals surface area contributed by atoms with Gasteiger partial charge >= 0.3 is 0 Å². The van der Waals surface area contributed by atoms with E-state index < -0.39 is 18.0 Å². The van der Waals surface area contributed by atoms with Crippen molar-refractivity contribution in [3.05, 3.63) is 59.9 Å². The summed E-state index contributed by atoms with van der Waals surface area (Å²) in [5.74, 6) is -1.17. The van der Waals surface area contributed by atoms with Crippen LogP contribution in [0.4, 0.5) is 15.8 Å². The second kappa shape index (κ2) is 5.23. The summed E-state index contributed by atoms with van der Waals surface area (Å²) in [5.41, 5.74) is 2.06. The van der Waals surface area contributed by atoms with E-state index in [1.807, 2.05) is 19.1 Å². The third-order valence-electron chi connectivity index (χ3n) is 4.17. The summed E-state index contributed by atoms with van der Waals surface area (Å²) >= 11 is 0. The van der Waals surface area contributed by atoms with Gasteiger partial charge in [0.25, 0.3) is 11.8 Å². The minimum Gasteiger partial charge on any atom is -0.271 e. The van der Waals surface area contributed by atoms with Crippen molar-refractivity contribution in [1.82, 2.24) is 0 Å². The highest BCUT2D eigenvalue weighted by atomic mass is 19.1. The van der Waals surface area contributed by atoms with Crippen LogP contribution in [-0.4, -0.2) is 23.9 Å². The molecular formula is C17H13FN4O2. The number of hydrogen-bond donors (Lipinski definition) is 0. The van der Waals surface area contributed by atoms with Crippen LogP contribution in [0, 0.1) is 12.7 Å². The van der Waals surface area contributed by atoms with E-state index in [9.17, 15) is 14.0 Å². The molecule has 0 spiro atoms. The van der Waals surface area contributed by atoms with E-state index in [-0.39, 0.29) is 11.7 Å². The number of carbonyl (C=O) groups is 2. The molecule has 0 aromatic heterocycles. The number of imide groups is 1. The van der Waals surface area contributed by atoms with Crippen LogP contribution in [0.1, 0.15) is 5.56 Å². The Morgan fingerprint density at radius 2 is 1.54 bits per heavy atom. The summed E-state index contributed by atoms with van der Waals surface area (Å²) in [6.45, 7) is 1.93. The van der Waals surface area contributed by atoms with Crippen molar-refractivity contribution in [2.45, 2.75) is 19.0 Å². The standard InChI is InChI=1S/C17H13FN4O2/c1-10-2-6-12(7-3-10)21-16(23)14-15(17(21)24)22(20-19-14)13-8-4-11(18)5-9-13/h2-9,14-15H,1H3/t14-,15+/m0/s1. The van der Waals surface area contributed by atoms with Crippen molar-refractivity contribution < 1.29 is 14.0 Å². The molecule has 2 aliphatic heterocycles. The predicted molar refractivity (Wildman–Crippen MR) is 85.0 cm³/mol. The van der Waals surface area contributed by atoms with Gasteiger partial charge in [-0.2, -0.15) is 5.11 Å². The third kappa shape index (κ3) is 2.09. The zero-order valence-corrected chi connectivity index (χ0v) is 12.8. The van der Waals surface area contributed by atoms with E-state index in [0.717, 1.165) is 10.5 Å². The number of halogens is 1. The fraction of sp³-hybridized carbons (Fsp3) is 0.176. The number of anilines is 2. The second-order valence-electron chi connectivity index (χ2n) is 5.76. The van der Waals surface area contributed by atoms with Crippen LogP contribution in [-0.2, 0) is 9.59 Å². The molecule has 2 aromatic carbocycles. The summed E-state index contributed by atoms with van der Waals surface area (Å²) in [7, 11) is 0. The number of benzene rings is 2. The van der Waals surface area contributed by atoms with Crippen molar-refractivity contribution in [2.75, 3.05) is 9.91 Å². The van der Waals surface area contributed by atoms with Crippen molar-refractivity contribution in [1.29, 1.82) is 0 Å². The normalized spacial score (nSPS) is 22.4. The van der Waals surface area contributed by atoms with Gasteiger partial charge in [-0.15, -0.1) is 0 Å². The molecule has 0 radical (unpaired) electrons. The Bertz CT molecular complexity index is 848. The van der Waals surface area contributed by atoms with Crippen molar-refractivity contribution >= 4 is 23.2 Å². The third-order valence-corrected chi connectivity index (χ3v) is 4.17. The summed E-state index contributed by atoms with van der Waals surface area (Å²) < 4.78 is 13.1. The highest BCUT2D eigenvalue weighted by molar-refractivity contribution is 6.26. The molecule has 1 saturated heterocycles. The van der Waals surface area contributed by atoms with Gasteiger partial charge in [-0.1, -0.05) is 22.9 Å². The van der Waals surface area contributed by atoms with E-state index in [2.05, 4.69) is 10.3 Å². The molecule has 7 heteroatoms. The van der Waals surface area contributed by atoms with Gasteiger partial charge in [-0.3, -0.25) is 9.59 Å². The first-order valence-corrected chi connectivity index (χ1v) is 7.46. The average molecular weight is 324 g/mol. The van der Waals surface area contributed by atoms with Gasteiger partial charge in [0.1, 0.15) is 5.82 Å². The molecule has 0 N–H and O–H groups in total. The number of hydrogen-bond acceptors (Lipinski definition) is 5. The molecule has 0 unspecified atom stereocenters. The number of amides is 2. The molecule has 2 amide bonds. The zero-order chi connectivity index (χ0) is 16.8. The van der Waals surface area contributed by atoms with Gasteiger partial charge < -0.3 is 0 Å². The molecule has 24 heavy (non-hydrogen) atoms. The maximum Gasteiger partial charge on any atom is 0.263 e. The maximum absolute atomic E-state index is 13.1. The molecule has 2 aromatic rings. The van der Waals surface area contributed by atoms with E-state index in [1.54, 1.807) is 12.1 Å². The van der Waals surface area contributed by atoms with E-state index in [1.165, 1.54) is 29.3 Å². The number of carbonyl (C=O) groups excluding carboxylic acids is 2. The van der Waals surface area contributed by atoms with Crippen LogP contribution in [0.3, 0.4) is 0 Å². The molecule has 120 valence electrons. The Morgan fingerprint density at radius 1 is 0.917 bits per heavy atom. The summed E-state index contributed by atoms with van der Waals surface area (Å²) in [5, 5.41) is 9.25. The first-order valence-electron chi connectivity index (χ1n) is 7.46. The fourth-order valence-corrected chi connectivity index (χ4v) is 2.92. The Kier molecular flexibility index (Phi) is 3.16. The lowest BCUT2D eigenvalue weighted by atomic mass is 10.1. The Morgan fingerprint density at radius 3 is 2.21 bits per heavy atom. The highest BCUT2D eigenvalue weighted by Gasteiger charge is 2.55. The smallest absolute Gasteiger partial charge is 0.263 e. The number of rotatable bonds is 2. The molecule has 1 fully saturated rings. The van der Waals surface area contributed by atoms with Gasteiger partial charge in [0.2, 0.25) is 0 Å². The number of fused-ring (bicyclic) bond motifs is 1. The van der Waals surface area contributed by atoms with Crippen LogP contribution in [0.2, 0.25) is 0 Å². The van der Waals surface area contributed by atoms with Gasteiger partial charge in [-0.25, -0.2) is 14.3 Å². The Hall–Kier alpha value is -3.09. The molecule has 2 atom stereocenters. The summed E-state index contributed by atoms with van der Waals surface area (Å²) in [6, 6.07) is 11.0. The van der Waals surface area contributed by atoms with Crippen molar-refractivity contribution in [3.63, 3.8) is 0 Å². The molecule has 0 saturated carbocycles. The first kappa shape index (κ1) is 14.5. The lowest BCUT2D eigenvalue weighted by molar-refractivity contribution is -0.121. The molecule has 4 rings (SSSR count). The molecule has 6 nitrogen and oxygen atoms in total. The summed E-state index contributed by atoms with van der Waals surface area (Å²) in [6.07, 6.45) is 0. The molecule has 0 aliphatic carbocycles. The zero-order valence-electron chi connectivity index (χ0n) is 12.8. The minimum absolute atomic E-state index is 0.386. The number of aryl methyl sites for hydroxylation is 1. The van der Waals surface area contributed by atoms with Crippen molar-refractivity contribution in [2.24, 2.45) is 10.3 Å². The van der Waals surface area contributed by atoms with Gasteiger partial charge in [0, 0.05) is 0 Å². The van der Waals surface area contributed by atoms with E-state index >= 15 is 0 Å². The second-order valence-corrected chi connectivity index (χ2v) is 5.76. The SMILES string of the molecule is Cc1ccc(N2C(=O)[C@H]3N=NN(c4ccc(F)cc4)[C@H]3C2=O)cc1. The Balaban J connectivity index is 1.69. The largest absolute Gasteiger partial charge is 0.271 e. The maximum atomic E-state index is 13.1. The topological polar surface area (TPSA) is 65.3 Å². The Labute approximate surface area is 137 Å². The van der Waals surface area contributed by atoms with Crippen LogP contribution >= 0.6 is 0 Å². The first-order chi connectivity index (χ1) is 11.6. The van der Waals surface area contributed by atoms with Crippen molar-refractivity contribution in [3.8, 4) is 0 Å². The van der Waals surface area contributed by atoms with Gasteiger partial charge in [-0.05, 0) is 43.3 Å². The fourth-order valence-electron chi connectivity index (χ4n) is 2.92. The average Bonchev–Trinajstić information content (AvgIpc) is 3.11. The molecule has 2 aliphatic rings. The van der Waals surface area contributed by atoms with Crippen LogP contribution in [0.25, 0.3) is 0 Å². The van der Waals surface area contributed by atoms with Gasteiger partial charge in [0.05, 0.1) is 11.4 Å². The van der Waals surface area contributed by atoms with E-state index in [0.29, 0.717) is 11.4 Å². The van der Waals surface area contributed by atoms with Gasteiger partial charge in [0.15, 0.2) is 12.1 Å². The monoisotopic (exact) mass is 324 g/mol. The quantitative estimate of drug-likeness (QED) is 0.798. The number of nitrogens with zero attached hydrogens (tertiary/aromatic N) is 4. The molecule has 2 heterocycles.